The summed E-state index contributed by atoms with van der Waals surface area (Å²) >= 11 is 0. The van der Waals surface area contributed by atoms with Gasteiger partial charge in [0.2, 0.25) is 0 Å². The first-order chi connectivity index (χ1) is 9.00. The fraction of sp³-hybridized carbons (Fsp3) is 0.929. The molecule has 1 aliphatic rings. The molecule has 0 aliphatic heterocycles. The van der Waals surface area contributed by atoms with Gasteiger partial charge in [-0.25, -0.2) is 0 Å². The molecule has 19 heavy (non-hydrogen) atoms. The molecule has 1 fully saturated rings. The highest BCUT2D eigenvalue weighted by molar-refractivity contribution is 5.79. The highest BCUT2D eigenvalue weighted by Gasteiger charge is 2.46. The minimum Gasteiger partial charge on any atom is -0.480 e. The van der Waals surface area contributed by atoms with Crippen LogP contribution in [0.2, 0.25) is 0 Å². The molecule has 0 aromatic heterocycles. The summed E-state index contributed by atoms with van der Waals surface area (Å²) in [7, 11) is 0. The SMILES string of the molecule is CCCOCCOC1CCC(NC(C)C)(C(=O)O)C1. The van der Waals surface area contributed by atoms with Crippen molar-refractivity contribution in [2.24, 2.45) is 0 Å². The van der Waals surface area contributed by atoms with Crippen molar-refractivity contribution in [1.29, 1.82) is 0 Å². The maximum absolute atomic E-state index is 11.5. The van der Waals surface area contributed by atoms with Crippen molar-refractivity contribution in [2.45, 2.75) is 64.1 Å². The molecule has 0 heterocycles. The maximum Gasteiger partial charge on any atom is 0.324 e. The molecule has 112 valence electrons. The summed E-state index contributed by atoms with van der Waals surface area (Å²) in [4.78, 5) is 11.5. The Labute approximate surface area is 115 Å². The number of carboxylic acid groups (broad SMARTS) is 1. The van der Waals surface area contributed by atoms with E-state index in [1.165, 1.54) is 0 Å². The number of carboxylic acids is 1. The molecule has 0 radical (unpaired) electrons. The Morgan fingerprint density at radius 3 is 2.74 bits per heavy atom. The van der Waals surface area contributed by atoms with Crippen molar-refractivity contribution in [1.82, 2.24) is 5.32 Å². The summed E-state index contributed by atoms with van der Waals surface area (Å²) in [6, 6.07) is 0.155. The Morgan fingerprint density at radius 1 is 1.42 bits per heavy atom. The lowest BCUT2D eigenvalue weighted by molar-refractivity contribution is -0.145. The number of carbonyl (C=O) groups is 1. The second kappa shape index (κ2) is 7.82. The Hall–Kier alpha value is -0.650. The van der Waals surface area contributed by atoms with E-state index in [-0.39, 0.29) is 12.1 Å². The molecule has 0 aromatic rings. The molecule has 5 nitrogen and oxygen atoms in total. The molecule has 0 amide bonds. The molecular formula is C14H27NO4. The summed E-state index contributed by atoms with van der Waals surface area (Å²) in [6.45, 7) is 7.89. The quantitative estimate of drug-likeness (QED) is 0.627. The van der Waals surface area contributed by atoms with Crippen LogP contribution in [-0.4, -0.2) is 48.6 Å². The molecule has 0 bridgehead atoms. The third-order valence-electron chi connectivity index (χ3n) is 3.37. The zero-order valence-electron chi connectivity index (χ0n) is 12.3. The number of hydrogen-bond acceptors (Lipinski definition) is 4. The van der Waals surface area contributed by atoms with E-state index in [9.17, 15) is 9.90 Å². The van der Waals surface area contributed by atoms with Gasteiger partial charge in [0.15, 0.2) is 0 Å². The fourth-order valence-electron chi connectivity index (χ4n) is 2.60. The largest absolute Gasteiger partial charge is 0.480 e. The fourth-order valence-corrected chi connectivity index (χ4v) is 2.60. The number of hydrogen-bond donors (Lipinski definition) is 2. The van der Waals surface area contributed by atoms with Crippen LogP contribution in [0, 0.1) is 0 Å². The van der Waals surface area contributed by atoms with Crippen LogP contribution in [0.25, 0.3) is 0 Å². The lowest BCUT2D eigenvalue weighted by atomic mass is 9.96. The maximum atomic E-state index is 11.5. The van der Waals surface area contributed by atoms with Gasteiger partial charge in [-0.3, -0.25) is 10.1 Å². The van der Waals surface area contributed by atoms with Gasteiger partial charge in [-0.15, -0.1) is 0 Å². The second-order valence-corrected chi connectivity index (χ2v) is 5.53. The molecule has 0 saturated heterocycles. The molecule has 1 saturated carbocycles. The first-order valence-corrected chi connectivity index (χ1v) is 7.20. The Morgan fingerprint density at radius 2 is 2.16 bits per heavy atom. The molecule has 1 rings (SSSR count). The van der Waals surface area contributed by atoms with Gasteiger partial charge in [0.1, 0.15) is 5.54 Å². The van der Waals surface area contributed by atoms with Gasteiger partial charge in [-0.05, 0) is 33.1 Å². The highest BCUT2D eigenvalue weighted by Crippen LogP contribution is 2.32. The van der Waals surface area contributed by atoms with Crippen LogP contribution >= 0.6 is 0 Å². The highest BCUT2D eigenvalue weighted by atomic mass is 16.5. The van der Waals surface area contributed by atoms with Crippen LogP contribution in [0.1, 0.15) is 46.5 Å². The third kappa shape index (κ3) is 5.09. The topological polar surface area (TPSA) is 67.8 Å². The zero-order chi connectivity index (χ0) is 14.3. The monoisotopic (exact) mass is 273 g/mol. The minimum absolute atomic E-state index is 0.0209. The smallest absolute Gasteiger partial charge is 0.324 e. The van der Waals surface area contributed by atoms with Crippen molar-refractivity contribution >= 4 is 5.97 Å². The minimum atomic E-state index is -0.816. The molecule has 0 aromatic carbocycles. The Balaban J connectivity index is 2.35. The summed E-state index contributed by atoms with van der Waals surface area (Å²) in [5, 5.41) is 12.6. The number of nitrogens with one attached hydrogen (secondary N) is 1. The average Bonchev–Trinajstić information content (AvgIpc) is 2.73. The van der Waals surface area contributed by atoms with Crippen molar-refractivity contribution in [3.63, 3.8) is 0 Å². The summed E-state index contributed by atoms with van der Waals surface area (Å²) < 4.78 is 11.1. The Kier molecular flexibility index (Phi) is 6.75. The van der Waals surface area contributed by atoms with Crippen LogP contribution in [0.3, 0.4) is 0 Å². The van der Waals surface area contributed by atoms with E-state index in [1.807, 2.05) is 13.8 Å². The Bertz CT molecular complexity index is 283. The van der Waals surface area contributed by atoms with Crippen LogP contribution < -0.4 is 5.32 Å². The number of ether oxygens (including phenoxy) is 2. The lowest BCUT2D eigenvalue weighted by Gasteiger charge is -2.28. The molecule has 5 heteroatoms. The number of aliphatic carboxylic acids is 1. The second-order valence-electron chi connectivity index (χ2n) is 5.53. The standard InChI is InChI=1S/C14H27NO4/c1-4-7-18-8-9-19-12-5-6-14(10-12,13(16)17)15-11(2)3/h11-12,15H,4-10H2,1-3H3,(H,16,17). The van der Waals surface area contributed by atoms with Crippen molar-refractivity contribution in [2.75, 3.05) is 19.8 Å². The van der Waals surface area contributed by atoms with Crippen molar-refractivity contribution in [3.8, 4) is 0 Å². The molecule has 1 aliphatic carbocycles. The third-order valence-corrected chi connectivity index (χ3v) is 3.37. The van der Waals surface area contributed by atoms with E-state index >= 15 is 0 Å². The van der Waals surface area contributed by atoms with Gasteiger partial charge in [-0.1, -0.05) is 6.92 Å². The van der Waals surface area contributed by atoms with E-state index in [2.05, 4.69) is 12.2 Å². The average molecular weight is 273 g/mol. The van der Waals surface area contributed by atoms with Gasteiger partial charge in [0.25, 0.3) is 0 Å². The van der Waals surface area contributed by atoms with Gasteiger partial charge in [-0.2, -0.15) is 0 Å². The molecular weight excluding hydrogens is 246 g/mol. The van der Waals surface area contributed by atoms with E-state index in [1.54, 1.807) is 0 Å². The summed E-state index contributed by atoms with van der Waals surface area (Å²) in [6.07, 6.45) is 2.98. The normalized spacial score (nSPS) is 27.1. The predicted octanol–water partition coefficient (Wildman–Crippen LogP) is 1.80. The molecule has 2 atom stereocenters. The van der Waals surface area contributed by atoms with E-state index in [0.717, 1.165) is 19.4 Å². The van der Waals surface area contributed by atoms with Gasteiger partial charge in [0.05, 0.1) is 19.3 Å². The van der Waals surface area contributed by atoms with E-state index in [0.29, 0.717) is 26.1 Å². The molecule has 2 unspecified atom stereocenters. The molecule has 0 spiro atoms. The summed E-state index contributed by atoms with van der Waals surface area (Å²) in [5.41, 5.74) is -0.816. The van der Waals surface area contributed by atoms with Crippen LogP contribution in [-0.2, 0) is 14.3 Å². The first kappa shape index (κ1) is 16.4. The van der Waals surface area contributed by atoms with Crippen molar-refractivity contribution in [3.05, 3.63) is 0 Å². The predicted molar refractivity (Wildman–Crippen MR) is 73.3 cm³/mol. The van der Waals surface area contributed by atoms with Crippen LogP contribution in [0.5, 0.6) is 0 Å². The van der Waals surface area contributed by atoms with Crippen molar-refractivity contribution < 1.29 is 19.4 Å². The first-order valence-electron chi connectivity index (χ1n) is 7.20. The zero-order valence-corrected chi connectivity index (χ0v) is 12.3. The summed E-state index contributed by atoms with van der Waals surface area (Å²) in [5.74, 6) is -0.769. The van der Waals surface area contributed by atoms with Gasteiger partial charge >= 0.3 is 5.97 Å². The number of rotatable bonds is 9. The lowest BCUT2D eigenvalue weighted by Crippen LogP contribution is -2.53. The molecule has 2 N–H and O–H groups in total. The van der Waals surface area contributed by atoms with Gasteiger partial charge in [0, 0.05) is 19.1 Å². The van der Waals surface area contributed by atoms with Gasteiger partial charge < -0.3 is 14.6 Å². The van der Waals surface area contributed by atoms with Crippen LogP contribution in [0.15, 0.2) is 0 Å². The van der Waals surface area contributed by atoms with E-state index in [4.69, 9.17) is 9.47 Å². The van der Waals surface area contributed by atoms with E-state index < -0.39 is 11.5 Å². The van der Waals surface area contributed by atoms with Crippen LogP contribution in [0.4, 0.5) is 0 Å².